The number of ether oxygens (including phenoxy) is 2. The van der Waals surface area contributed by atoms with Crippen LogP contribution in [0.4, 0.5) is 0 Å². The minimum Gasteiger partial charge on any atom is -0.493 e. The molecule has 0 radical (unpaired) electrons. The van der Waals surface area contributed by atoms with Crippen molar-refractivity contribution in [1.82, 2.24) is 20.0 Å². The van der Waals surface area contributed by atoms with E-state index < -0.39 is 6.04 Å². The van der Waals surface area contributed by atoms with E-state index in [1.54, 1.807) is 22.7 Å². The van der Waals surface area contributed by atoms with Gasteiger partial charge in [0.2, 0.25) is 5.91 Å². The van der Waals surface area contributed by atoms with E-state index in [-0.39, 0.29) is 17.2 Å². The molecule has 2 fully saturated rings. The first kappa shape index (κ1) is 22.3. The summed E-state index contributed by atoms with van der Waals surface area (Å²) in [7, 11) is 1.75. The summed E-state index contributed by atoms with van der Waals surface area (Å²) in [6.07, 6.45) is 2.45. The molecule has 3 heterocycles. The number of amides is 2. The maximum Gasteiger partial charge on any atom is 0.273 e. The largest absolute Gasteiger partial charge is 0.493 e. The molecule has 32 heavy (non-hydrogen) atoms. The van der Waals surface area contributed by atoms with Crippen LogP contribution in [0.15, 0.2) is 30.3 Å². The second kappa shape index (κ2) is 9.32. The Morgan fingerprint density at radius 2 is 2.16 bits per heavy atom. The highest BCUT2D eigenvalue weighted by molar-refractivity contribution is 5.96. The summed E-state index contributed by atoms with van der Waals surface area (Å²) in [5.41, 5.74) is 2.21. The summed E-state index contributed by atoms with van der Waals surface area (Å²) >= 11 is 0. The number of carbonyl (C=O) groups is 2. The van der Waals surface area contributed by atoms with Crippen LogP contribution in [0.5, 0.6) is 5.75 Å². The van der Waals surface area contributed by atoms with Gasteiger partial charge in [-0.05, 0) is 49.9 Å². The zero-order valence-corrected chi connectivity index (χ0v) is 19.1. The summed E-state index contributed by atoms with van der Waals surface area (Å²) in [5.74, 6) is 0.463. The van der Waals surface area contributed by atoms with Crippen molar-refractivity contribution >= 4 is 11.8 Å². The van der Waals surface area contributed by atoms with Gasteiger partial charge in [-0.15, -0.1) is 0 Å². The van der Waals surface area contributed by atoms with Gasteiger partial charge in [0.1, 0.15) is 17.5 Å². The highest BCUT2D eigenvalue weighted by Gasteiger charge is 2.35. The minimum absolute atomic E-state index is 0.0494. The van der Waals surface area contributed by atoms with Crippen LogP contribution in [0.3, 0.4) is 0 Å². The van der Waals surface area contributed by atoms with Crippen molar-refractivity contribution in [3.05, 3.63) is 47.3 Å². The molecule has 0 unspecified atom stereocenters. The maximum absolute atomic E-state index is 13.6. The van der Waals surface area contributed by atoms with Gasteiger partial charge < -0.3 is 19.7 Å². The van der Waals surface area contributed by atoms with Crippen LogP contribution in [0.1, 0.15) is 47.9 Å². The summed E-state index contributed by atoms with van der Waals surface area (Å²) in [6.45, 7) is 6.95. The van der Waals surface area contributed by atoms with Gasteiger partial charge in [0, 0.05) is 25.6 Å². The van der Waals surface area contributed by atoms with Gasteiger partial charge >= 0.3 is 0 Å². The van der Waals surface area contributed by atoms with Crippen molar-refractivity contribution in [2.75, 3.05) is 26.4 Å². The normalized spacial score (nSPS) is 20.1. The number of nitrogens with zero attached hydrogens (tertiary/aromatic N) is 3. The Labute approximate surface area is 188 Å². The fourth-order valence-electron chi connectivity index (χ4n) is 4.22. The number of hydrogen-bond donors (Lipinski definition) is 1. The van der Waals surface area contributed by atoms with Crippen LogP contribution in [-0.4, -0.2) is 58.9 Å². The summed E-state index contributed by atoms with van der Waals surface area (Å²) < 4.78 is 12.9. The molecule has 8 nitrogen and oxygen atoms in total. The predicted molar refractivity (Wildman–Crippen MR) is 119 cm³/mol. The molecule has 1 aromatic heterocycles. The monoisotopic (exact) mass is 440 g/mol. The highest BCUT2D eigenvalue weighted by Crippen LogP contribution is 2.28. The lowest BCUT2D eigenvalue weighted by Gasteiger charge is -2.37. The second-order valence-corrected chi connectivity index (χ2v) is 9.27. The van der Waals surface area contributed by atoms with Crippen molar-refractivity contribution in [2.24, 2.45) is 12.5 Å². The number of aryl methyl sites for hydroxylation is 2. The van der Waals surface area contributed by atoms with Gasteiger partial charge in [0.15, 0.2) is 0 Å². The minimum atomic E-state index is -0.518. The standard InChI is InChI=1S/C24H32N4O4/c1-17-11-21(27(3)26-17)23(30)28(20-9-4-5-10-25-22(20)29)13-18-7-6-8-19(12-18)32-16-24(2)14-31-15-24/h6-8,11-12,20H,4-5,9-10,13-16H2,1-3H3,(H,25,29)/t20-/m0/s1. The van der Waals surface area contributed by atoms with Crippen LogP contribution in [0.2, 0.25) is 0 Å². The molecule has 0 spiro atoms. The molecule has 0 aliphatic carbocycles. The topological polar surface area (TPSA) is 85.7 Å². The Morgan fingerprint density at radius 3 is 2.84 bits per heavy atom. The van der Waals surface area contributed by atoms with Gasteiger partial charge in [-0.25, -0.2) is 0 Å². The van der Waals surface area contributed by atoms with E-state index in [1.807, 2.05) is 31.2 Å². The molecule has 172 valence electrons. The number of carbonyl (C=O) groups excluding carboxylic acids is 2. The number of hydrogen-bond acceptors (Lipinski definition) is 5. The number of benzene rings is 1. The van der Waals surface area contributed by atoms with Crippen LogP contribution >= 0.6 is 0 Å². The first-order valence-corrected chi connectivity index (χ1v) is 11.2. The Balaban J connectivity index is 1.57. The molecule has 2 aromatic rings. The molecule has 0 saturated carbocycles. The smallest absolute Gasteiger partial charge is 0.273 e. The average molecular weight is 441 g/mol. The SMILES string of the molecule is Cc1cc(C(=O)N(Cc2cccc(OCC3(C)COC3)c2)[C@H]2CCCCNC2=O)n(C)n1. The van der Waals surface area contributed by atoms with E-state index >= 15 is 0 Å². The van der Waals surface area contributed by atoms with E-state index in [1.165, 1.54) is 0 Å². The molecule has 0 bridgehead atoms. The first-order valence-electron chi connectivity index (χ1n) is 11.2. The predicted octanol–water partition coefficient (Wildman–Crippen LogP) is 2.45. The molecule has 8 heteroatoms. The van der Waals surface area contributed by atoms with E-state index in [9.17, 15) is 9.59 Å². The van der Waals surface area contributed by atoms with Crippen molar-refractivity contribution in [2.45, 2.75) is 45.7 Å². The van der Waals surface area contributed by atoms with Crippen molar-refractivity contribution in [3.8, 4) is 5.75 Å². The highest BCUT2D eigenvalue weighted by atomic mass is 16.5. The van der Waals surface area contributed by atoms with Gasteiger partial charge in [0.25, 0.3) is 5.91 Å². The van der Waals surface area contributed by atoms with Crippen LogP contribution in [0, 0.1) is 12.3 Å². The van der Waals surface area contributed by atoms with Crippen LogP contribution in [0.25, 0.3) is 0 Å². The quantitative estimate of drug-likeness (QED) is 0.715. The summed E-state index contributed by atoms with van der Waals surface area (Å²) in [5, 5.41) is 7.27. The third-order valence-electron chi connectivity index (χ3n) is 6.10. The second-order valence-electron chi connectivity index (χ2n) is 9.27. The van der Waals surface area contributed by atoms with E-state index in [0.29, 0.717) is 45.0 Å². The molecule has 1 atom stereocenters. The first-order chi connectivity index (χ1) is 15.3. The molecule has 4 rings (SSSR count). The number of nitrogens with one attached hydrogen (secondary N) is 1. The number of rotatable bonds is 7. The lowest BCUT2D eigenvalue weighted by atomic mass is 9.90. The maximum atomic E-state index is 13.6. The Kier molecular flexibility index (Phi) is 6.50. The van der Waals surface area contributed by atoms with E-state index in [2.05, 4.69) is 17.3 Å². The van der Waals surface area contributed by atoms with Crippen molar-refractivity contribution in [1.29, 1.82) is 0 Å². The Hall–Kier alpha value is -2.87. The van der Waals surface area contributed by atoms with Crippen molar-refractivity contribution < 1.29 is 19.1 Å². The van der Waals surface area contributed by atoms with Gasteiger partial charge in [-0.3, -0.25) is 14.3 Å². The van der Waals surface area contributed by atoms with Crippen LogP contribution < -0.4 is 10.1 Å². The van der Waals surface area contributed by atoms with Gasteiger partial charge in [0.05, 0.1) is 25.5 Å². The molecule has 2 aliphatic heterocycles. The molecular weight excluding hydrogens is 408 g/mol. The van der Waals surface area contributed by atoms with Crippen LogP contribution in [-0.2, 0) is 23.1 Å². The summed E-state index contributed by atoms with van der Waals surface area (Å²) in [4.78, 5) is 28.1. The lowest BCUT2D eigenvalue weighted by Crippen LogP contribution is -2.48. The molecule has 2 saturated heterocycles. The Morgan fingerprint density at radius 1 is 1.34 bits per heavy atom. The van der Waals surface area contributed by atoms with Gasteiger partial charge in [-0.2, -0.15) is 5.10 Å². The van der Waals surface area contributed by atoms with Gasteiger partial charge in [-0.1, -0.05) is 19.1 Å². The molecule has 1 N–H and O–H groups in total. The Bertz CT molecular complexity index is 982. The molecule has 2 aliphatic rings. The van der Waals surface area contributed by atoms with Crippen molar-refractivity contribution in [3.63, 3.8) is 0 Å². The third-order valence-corrected chi connectivity index (χ3v) is 6.10. The summed E-state index contributed by atoms with van der Waals surface area (Å²) in [6, 6.07) is 9.01. The average Bonchev–Trinajstić information content (AvgIpc) is 2.95. The molecule has 2 amide bonds. The molecule has 1 aromatic carbocycles. The fraction of sp³-hybridized carbons (Fsp3) is 0.542. The zero-order chi connectivity index (χ0) is 22.7. The lowest BCUT2D eigenvalue weighted by molar-refractivity contribution is -0.125. The van der Waals surface area contributed by atoms with E-state index in [0.717, 1.165) is 29.8 Å². The third kappa shape index (κ3) is 4.96. The molecular formula is C24H32N4O4. The fourth-order valence-corrected chi connectivity index (χ4v) is 4.22. The zero-order valence-electron chi connectivity index (χ0n) is 19.1. The number of aromatic nitrogens is 2. The van der Waals surface area contributed by atoms with E-state index in [4.69, 9.17) is 9.47 Å².